The smallest absolute Gasteiger partial charge is 0.213 e. The predicted octanol–water partition coefficient (Wildman–Crippen LogP) is 3.26. The summed E-state index contributed by atoms with van der Waals surface area (Å²) >= 11 is 0. The van der Waals surface area contributed by atoms with Gasteiger partial charge in [0.05, 0.1) is 38.2 Å². The van der Waals surface area contributed by atoms with E-state index in [1.807, 2.05) is 18.2 Å². The van der Waals surface area contributed by atoms with Crippen molar-refractivity contribution in [2.24, 2.45) is 5.92 Å². The Hall–Kier alpha value is -2.78. The standard InChI is InChI=1S/C21H25N3O3/c1-25-20-11-16(12-22)8-9-19(20)27-15-17-5-4-10-24(13-17)14-18-6-3-7-21(23-18)26-2/h3,6-9,11,17H,4-5,10,13-15H2,1-2H3. The number of nitriles is 1. The summed E-state index contributed by atoms with van der Waals surface area (Å²) in [5.41, 5.74) is 1.58. The number of hydrogen-bond acceptors (Lipinski definition) is 6. The van der Waals surface area contributed by atoms with Crippen molar-refractivity contribution in [1.29, 1.82) is 5.26 Å². The van der Waals surface area contributed by atoms with E-state index in [1.165, 1.54) is 0 Å². The molecule has 27 heavy (non-hydrogen) atoms. The van der Waals surface area contributed by atoms with E-state index in [0.29, 0.717) is 35.5 Å². The maximum atomic E-state index is 9.00. The zero-order valence-corrected chi connectivity index (χ0v) is 15.9. The summed E-state index contributed by atoms with van der Waals surface area (Å²) in [5.74, 6) is 2.38. The van der Waals surface area contributed by atoms with E-state index in [4.69, 9.17) is 19.5 Å². The maximum Gasteiger partial charge on any atom is 0.213 e. The lowest BCUT2D eigenvalue weighted by atomic mass is 9.99. The fraction of sp³-hybridized carbons (Fsp3) is 0.429. The molecule has 2 aromatic rings. The third kappa shape index (κ3) is 5.11. The number of methoxy groups -OCH3 is 2. The Morgan fingerprint density at radius 3 is 2.85 bits per heavy atom. The van der Waals surface area contributed by atoms with Crippen molar-refractivity contribution in [3.63, 3.8) is 0 Å². The van der Waals surface area contributed by atoms with Crippen molar-refractivity contribution in [2.75, 3.05) is 33.9 Å². The second kappa shape index (κ2) is 9.24. The van der Waals surface area contributed by atoms with Crippen molar-refractivity contribution >= 4 is 0 Å². The summed E-state index contributed by atoms with van der Waals surface area (Å²) in [5, 5.41) is 9.00. The highest BCUT2D eigenvalue weighted by Crippen LogP contribution is 2.29. The van der Waals surface area contributed by atoms with Crippen LogP contribution in [0, 0.1) is 17.2 Å². The van der Waals surface area contributed by atoms with E-state index in [2.05, 4.69) is 16.0 Å². The second-order valence-electron chi connectivity index (χ2n) is 6.70. The topological polar surface area (TPSA) is 67.6 Å². The van der Waals surface area contributed by atoms with E-state index in [0.717, 1.165) is 38.2 Å². The first-order valence-corrected chi connectivity index (χ1v) is 9.15. The molecule has 0 aliphatic carbocycles. The summed E-state index contributed by atoms with van der Waals surface area (Å²) in [7, 11) is 3.23. The highest BCUT2D eigenvalue weighted by atomic mass is 16.5. The van der Waals surface area contributed by atoms with Crippen molar-refractivity contribution in [2.45, 2.75) is 19.4 Å². The molecule has 1 aromatic heterocycles. The molecule has 0 spiro atoms. The number of aromatic nitrogens is 1. The van der Waals surface area contributed by atoms with E-state index in [9.17, 15) is 0 Å². The number of benzene rings is 1. The van der Waals surface area contributed by atoms with Gasteiger partial charge in [-0.15, -0.1) is 0 Å². The maximum absolute atomic E-state index is 9.00. The van der Waals surface area contributed by atoms with Crippen LogP contribution in [0.5, 0.6) is 17.4 Å². The monoisotopic (exact) mass is 367 g/mol. The van der Waals surface area contributed by atoms with Gasteiger partial charge < -0.3 is 14.2 Å². The molecular formula is C21H25N3O3. The minimum absolute atomic E-state index is 0.449. The van der Waals surface area contributed by atoms with Crippen molar-refractivity contribution in [3.05, 3.63) is 47.7 Å². The molecule has 6 nitrogen and oxygen atoms in total. The average Bonchev–Trinajstić information content (AvgIpc) is 2.72. The van der Waals surface area contributed by atoms with Gasteiger partial charge in [-0.2, -0.15) is 5.26 Å². The SMILES string of the molecule is COc1cccc(CN2CCCC(COc3ccc(C#N)cc3OC)C2)n1. The normalized spacial score (nSPS) is 17.1. The fourth-order valence-corrected chi connectivity index (χ4v) is 3.38. The van der Waals surface area contributed by atoms with Crippen molar-refractivity contribution < 1.29 is 14.2 Å². The van der Waals surface area contributed by atoms with E-state index < -0.39 is 0 Å². The predicted molar refractivity (Wildman–Crippen MR) is 102 cm³/mol. The molecule has 1 aliphatic heterocycles. The number of likely N-dealkylation sites (tertiary alicyclic amines) is 1. The molecule has 2 heterocycles. The molecule has 0 amide bonds. The van der Waals surface area contributed by atoms with Crippen LogP contribution in [-0.4, -0.2) is 43.8 Å². The molecule has 1 fully saturated rings. The lowest BCUT2D eigenvalue weighted by molar-refractivity contribution is 0.122. The van der Waals surface area contributed by atoms with Gasteiger partial charge in [0, 0.05) is 31.1 Å². The second-order valence-corrected chi connectivity index (χ2v) is 6.70. The molecule has 3 rings (SSSR count). The fourth-order valence-electron chi connectivity index (χ4n) is 3.38. The minimum Gasteiger partial charge on any atom is -0.493 e. The molecule has 142 valence electrons. The van der Waals surface area contributed by atoms with Crippen LogP contribution in [0.15, 0.2) is 36.4 Å². The molecule has 0 N–H and O–H groups in total. The Morgan fingerprint density at radius 2 is 2.07 bits per heavy atom. The molecule has 1 saturated heterocycles. The molecule has 1 aliphatic rings. The van der Waals surface area contributed by atoms with Gasteiger partial charge in [0.2, 0.25) is 5.88 Å². The Morgan fingerprint density at radius 1 is 1.19 bits per heavy atom. The third-order valence-corrected chi connectivity index (χ3v) is 4.75. The lowest BCUT2D eigenvalue weighted by Crippen LogP contribution is -2.37. The largest absolute Gasteiger partial charge is 0.493 e. The van der Waals surface area contributed by atoms with Gasteiger partial charge in [0.15, 0.2) is 11.5 Å². The molecule has 0 radical (unpaired) electrons. The quantitative estimate of drug-likeness (QED) is 0.748. The first-order chi connectivity index (χ1) is 13.2. The van der Waals surface area contributed by atoms with Crippen LogP contribution in [-0.2, 0) is 6.54 Å². The molecule has 1 unspecified atom stereocenters. The Balaban J connectivity index is 1.56. The van der Waals surface area contributed by atoms with Gasteiger partial charge in [0.1, 0.15) is 0 Å². The molecule has 0 saturated carbocycles. The number of ether oxygens (including phenoxy) is 3. The summed E-state index contributed by atoms with van der Waals surface area (Å²) in [6.45, 7) is 3.48. The van der Waals surface area contributed by atoms with Crippen LogP contribution in [0.4, 0.5) is 0 Å². The van der Waals surface area contributed by atoms with Crippen LogP contribution in [0.1, 0.15) is 24.1 Å². The van der Waals surface area contributed by atoms with Gasteiger partial charge in [-0.1, -0.05) is 6.07 Å². The first-order valence-electron chi connectivity index (χ1n) is 9.15. The Labute approximate surface area is 160 Å². The highest BCUT2D eigenvalue weighted by Gasteiger charge is 2.21. The number of piperidine rings is 1. The molecule has 0 bridgehead atoms. The molecule has 1 atom stereocenters. The molecule has 1 aromatic carbocycles. The van der Waals surface area contributed by atoms with Gasteiger partial charge >= 0.3 is 0 Å². The van der Waals surface area contributed by atoms with Crippen LogP contribution in [0.25, 0.3) is 0 Å². The minimum atomic E-state index is 0.449. The summed E-state index contributed by atoms with van der Waals surface area (Å²) in [6.07, 6.45) is 2.28. The summed E-state index contributed by atoms with van der Waals surface area (Å²) in [6, 6.07) is 13.2. The van der Waals surface area contributed by atoms with Crippen molar-refractivity contribution in [3.8, 4) is 23.4 Å². The van der Waals surface area contributed by atoms with Crippen LogP contribution in [0.3, 0.4) is 0 Å². The van der Waals surface area contributed by atoms with E-state index in [1.54, 1.807) is 32.4 Å². The first kappa shape index (κ1) is 19.0. The molecular weight excluding hydrogens is 342 g/mol. The van der Waals surface area contributed by atoms with E-state index in [-0.39, 0.29) is 0 Å². The van der Waals surface area contributed by atoms with Crippen LogP contribution < -0.4 is 14.2 Å². The van der Waals surface area contributed by atoms with Crippen molar-refractivity contribution in [1.82, 2.24) is 9.88 Å². The zero-order valence-electron chi connectivity index (χ0n) is 15.9. The summed E-state index contributed by atoms with van der Waals surface area (Å²) < 4.78 is 16.6. The Kier molecular flexibility index (Phi) is 6.50. The lowest BCUT2D eigenvalue weighted by Gasteiger charge is -2.32. The average molecular weight is 367 g/mol. The molecule has 6 heteroatoms. The number of rotatable bonds is 7. The highest BCUT2D eigenvalue weighted by molar-refractivity contribution is 5.46. The Bertz CT molecular complexity index is 803. The zero-order chi connectivity index (χ0) is 19.1. The van der Waals surface area contributed by atoms with Crippen LogP contribution in [0.2, 0.25) is 0 Å². The van der Waals surface area contributed by atoms with Gasteiger partial charge in [0.25, 0.3) is 0 Å². The van der Waals surface area contributed by atoms with Crippen LogP contribution >= 0.6 is 0 Å². The third-order valence-electron chi connectivity index (χ3n) is 4.75. The number of nitrogens with zero attached hydrogens (tertiary/aromatic N) is 3. The summed E-state index contributed by atoms with van der Waals surface area (Å²) in [4.78, 5) is 6.92. The van der Waals surface area contributed by atoms with E-state index >= 15 is 0 Å². The number of pyridine rings is 1. The number of hydrogen-bond donors (Lipinski definition) is 0. The van der Waals surface area contributed by atoms with Gasteiger partial charge in [-0.3, -0.25) is 4.90 Å². The van der Waals surface area contributed by atoms with Gasteiger partial charge in [-0.25, -0.2) is 4.98 Å². The van der Waals surface area contributed by atoms with Gasteiger partial charge in [-0.05, 0) is 37.6 Å².